The van der Waals surface area contributed by atoms with E-state index in [9.17, 15) is 21.8 Å². The van der Waals surface area contributed by atoms with Crippen LogP contribution in [0, 0.1) is 5.92 Å². The van der Waals surface area contributed by atoms with Gasteiger partial charge in [0.2, 0.25) is 5.88 Å². The van der Waals surface area contributed by atoms with Gasteiger partial charge in [0, 0.05) is 29.7 Å². The van der Waals surface area contributed by atoms with E-state index in [1.165, 1.54) is 16.8 Å². The lowest BCUT2D eigenvalue weighted by Crippen LogP contribution is -2.40. The van der Waals surface area contributed by atoms with Crippen molar-refractivity contribution in [2.45, 2.75) is 62.2 Å². The number of ketones is 1. The second-order valence-electron chi connectivity index (χ2n) is 11.6. The van der Waals surface area contributed by atoms with Crippen molar-refractivity contribution in [3.05, 3.63) is 60.3 Å². The van der Waals surface area contributed by atoms with Crippen molar-refractivity contribution in [3.63, 3.8) is 0 Å². The number of benzene rings is 1. The number of Topliss-reactive ketones (excluding diaryl/α,β-unsaturated/α-hetero) is 1. The van der Waals surface area contributed by atoms with E-state index in [-0.39, 0.29) is 34.9 Å². The lowest BCUT2D eigenvalue weighted by Gasteiger charge is -2.34. The van der Waals surface area contributed by atoms with Crippen molar-refractivity contribution < 1.29 is 26.6 Å². The van der Waals surface area contributed by atoms with E-state index < -0.39 is 34.0 Å². The average molecular weight is 570 g/mol. The Kier molecular flexibility index (Phi) is 7.49. The standard InChI is InChI=1S/C28H33BF2N4O4S/c1-20-17-27(2,3)34(18-20)26-22(23(36)19-40(37,38)21-7-5-4-6-8-21)9-10-24(32-26)35-15-11-25(33-35)39-16-14-28(12-13-28)29(30)31/h4-11,15,20H,12-14,16-19H2,1-3H3/t20-/m0/s1. The molecule has 2 fully saturated rings. The summed E-state index contributed by atoms with van der Waals surface area (Å²) < 4.78 is 59.5. The molecule has 1 aromatic carbocycles. The highest BCUT2D eigenvalue weighted by molar-refractivity contribution is 7.92. The van der Waals surface area contributed by atoms with Gasteiger partial charge in [-0.3, -0.25) is 13.4 Å². The molecule has 212 valence electrons. The summed E-state index contributed by atoms with van der Waals surface area (Å²) in [5.41, 5.74) is -0.0731. The molecule has 0 unspecified atom stereocenters. The Morgan fingerprint density at radius 1 is 1.12 bits per heavy atom. The van der Waals surface area contributed by atoms with Crippen molar-refractivity contribution in [2.75, 3.05) is 23.8 Å². The molecule has 1 saturated carbocycles. The van der Waals surface area contributed by atoms with Crippen LogP contribution in [0.3, 0.4) is 0 Å². The Morgan fingerprint density at radius 2 is 1.85 bits per heavy atom. The fourth-order valence-electron chi connectivity index (χ4n) is 5.52. The van der Waals surface area contributed by atoms with Crippen LogP contribution in [-0.4, -0.2) is 60.7 Å². The number of hydrogen-bond acceptors (Lipinski definition) is 7. The van der Waals surface area contributed by atoms with Gasteiger partial charge in [-0.2, -0.15) is 0 Å². The molecule has 2 aromatic heterocycles. The van der Waals surface area contributed by atoms with Crippen LogP contribution in [0.25, 0.3) is 5.82 Å². The first-order valence-electron chi connectivity index (χ1n) is 13.5. The summed E-state index contributed by atoms with van der Waals surface area (Å²) in [6.45, 7) is 7.08. The van der Waals surface area contributed by atoms with Crippen molar-refractivity contribution >= 4 is 28.7 Å². The Bertz CT molecular complexity index is 1490. The molecule has 0 spiro atoms. The van der Waals surface area contributed by atoms with E-state index in [1.54, 1.807) is 42.6 Å². The maximum absolute atomic E-state index is 13.5. The quantitative estimate of drug-likeness (QED) is 0.229. The van der Waals surface area contributed by atoms with E-state index in [2.05, 4.69) is 30.8 Å². The number of halogens is 2. The Hall–Kier alpha value is -3.28. The predicted octanol–water partition coefficient (Wildman–Crippen LogP) is 5.28. The fraction of sp³-hybridized carbons (Fsp3) is 0.464. The van der Waals surface area contributed by atoms with E-state index >= 15 is 0 Å². The second-order valence-corrected chi connectivity index (χ2v) is 13.6. The number of carbonyl (C=O) groups excluding carboxylic acids is 1. The molecular formula is C28H33BF2N4O4S. The topological polar surface area (TPSA) is 94.4 Å². The van der Waals surface area contributed by atoms with Gasteiger partial charge in [-0.1, -0.05) is 25.1 Å². The minimum absolute atomic E-state index is 0.0924. The summed E-state index contributed by atoms with van der Waals surface area (Å²) in [4.78, 5) is 20.4. The van der Waals surface area contributed by atoms with E-state index in [0.717, 1.165) is 6.42 Å². The van der Waals surface area contributed by atoms with Crippen LogP contribution in [0.1, 0.15) is 56.8 Å². The van der Waals surface area contributed by atoms with Gasteiger partial charge in [0.1, 0.15) is 11.6 Å². The number of nitrogens with zero attached hydrogens (tertiary/aromatic N) is 4. The Labute approximate surface area is 233 Å². The first kappa shape index (κ1) is 28.3. The third-order valence-electron chi connectivity index (χ3n) is 7.92. The minimum atomic E-state index is -3.84. The number of hydrogen-bond donors (Lipinski definition) is 0. The van der Waals surface area contributed by atoms with Gasteiger partial charge in [-0.05, 0) is 69.7 Å². The molecule has 1 aliphatic heterocycles. The van der Waals surface area contributed by atoms with Crippen LogP contribution >= 0.6 is 0 Å². The summed E-state index contributed by atoms with van der Waals surface area (Å²) in [6.07, 6.45) is 3.83. The Morgan fingerprint density at radius 3 is 2.48 bits per heavy atom. The van der Waals surface area contributed by atoms with Crippen LogP contribution in [0.5, 0.6) is 5.88 Å². The zero-order valence-electron chi connectivity index (χ0n) is 22.9. The first-order valence-corrected chi connectivity index (χ1v) is 15.1. The molecule has 40 heavy (non-hydrogen) atoms. The van der Waals surface area contributed by atoms with Gasteiger partial charge >= 0.3 is 7.27 Å². The molecule has 2 aliphatic rings. The largest absolute Gasteiger partial charge is 0.544 e. The number of sulfone groups is 1. The third kappa shape index (κ3) is 5.77. The summed E-state index contributed by atoms with van der Waals surface area (Å²) in [5, 5.41) is 3.48. The summed E-state index contributed by atoms with van der Waals surface area (Å²) >= 11 is 0. The van der Waals surface area contributed by atoms with Crippen LogP contribution in [-0.2, 0) is 9.84 Å². The zero-order chi connectivity index (χ0) is 28.7. The lowest BCUT2D eigenvalue weighted by molar-refractivity contribution is 0.102. The van der Waals surface area contributed by atoms with Crippen LogP contribution in [0.2, 0.25) is 5.31 Å². The third-order valence-corrected chi connectivity index (χ3v) is 9.55. The van der Waals surface area contributed by atoms with Crippen LogP contribution in [0.15, 0.2) is 59.6 Å². The highest BCUT2D eigenvalue weighted by Gasteiger charge is 2.54. The van der Waals surface area contributed by atoms with Crippen molar-refractivity contribution in [1.29, 1.82) is 0 Å². The maximum atomic E-state index is 13.5. The number of carbonyl (C=O) groups is 1. The van der Waals surface area contributed by atoms with E-state index in [4.69, 9.17) is 9.72 Å². The SMILES string of the molecule is C[C@@H]1CN(c2nc(-n3ccc(OCCC4(B(F)F)CC4)n3)ccc2C(=O)CS(=O)(=O)c2ccccc2)C(C)(C)C1. The van der Waals surface area contributed by atoms with Crippen LogP contribution in [0.4, 0.5) is 14.4 Å². The minimum Gasteiger partial charge on any atom is -0.477 e. The number of anilines is 1. The van der Waals surface area contributed by atoms with E-state index in [0.29, 0.717) is 36.9 Å². The number of pyridine rings is 1. The van der Waals surface area contributed by atoms with Crippen molar-refractivity contribution in [2.24, 2.45) is 5.92 Å². The van der Waals surface area contributed by atoms with Gasteiger partial charge in [-0.25, -0.2) is 18.1 Å². The smallest absolute Gasteiger partial charge is 0.477 e. The number of ether oxygens (including phenoxy) is 1. The second kappa shape index (κ2) is 10.6. The zero-order valence-corrected chi connectivity index (χ0v) is 23.7. The highest BCUT2D eigenvalue weighted by atomic mass is 32.2. The molecule has 3 aromatic rings. The Balaban J connectivity index is 1.41. The molecule has 0 radical (unpaired) electrons. The lowest BCUT2D eigenvalue weighted by atomic mass is 9.72. The average Bonchev–Trinajstić information content (AvgIpc) is 3.45. The summed E-state index contributed by atoms with van der Waals surface area (Å²) in [6, 6.07) is 12.8. The number of aromatic nitrogens is 3. The molecule has 5 rings (SSSR count). The first-order chi connectivity index (χ1) is 18.9. The fourth-order valence-corrected chi connectivity index (χ4v) is 6.76. The normalized spacial score (nSPS) is 19.4. The predicted molar refractivity (Wildman–Crippen MR) is 149 cm³/mol. The van der Waals surface area contributed by atoms with Gasteiger partial charge < -0.3 is 9.64 Å². The number of rotatable bonds is 11. The molecule has 1 atom stereocenters. The summed E-state index contributed by atoms with van der Waals surface area (Å²) in [5.74, 6) is 0.265. The molecule has 3 heterocycles. The molecule has 0 N–H and O–H groups in total. The molecule has 1 saturated heterocycles. The van der Waals surface area contributed by atoms with Crippen molar-refractivity contribution in [1.82, 2.24) is 14.8 Å². The molecule has 12 heteroatoms. The van der Waals surface area contributed by atoms with Gasteiger partial charge in [0.15, 0.2) is 21.4 Å². The molecule has 0 amide bonds. The monoisotopic (exact) mass is 570 g/mol. The van der Waals surface area contributed by atoms with E-state index in [1.807, 2.05) is 0 Å². The summed E-state index contributed by atoms with van der Waals surface area (Å²) in [7, 11) is -6.19. The highest BCUT2D eigenvalue weighted by Crippen LogP contribution is 2.59. The molecular weight excluding hydrogens is 537 g/mol. The molecule has 8 nitrogen and oxygen atoms in total. The van der Waals surface area contributed by atoms with Gasteiger partial charge in [0.05, 0.1) is 17.1 Å². The van der Waals surface area contributed by atoms with Gasteiger partial charge in [-0.15, -0.1) is 5.10 Å². The van der Waals surface area contributed by atoms with Gasteiger partial charge in [0.25, 0.3) is 0 Å². The van der Waals surface area contributed by atoms with Crippen LogP contribution < -0.4 is 9.64 Å². The maximum Gasteiger partial charge on any atom is 0.544 e. The molecule has 1 aliphatic carbocycles. The molecule has 0 bridgehead atoms. The van der Waals surface area contributed by atoms with Crippen molar-refractivity contribution in [3.8, 4) is 11.7 Å².